The molecule has 0 aliphatic rings. The van der Waals surface area contributed by atoms with Gasteiger partial charge in [-0.25, -0.2) is 0 Å². The zero-order valence-corrected chi connectivity index (χ0v) is 13.3. The van der Waals surface area contributed by atoms with E-state index in [9.17, 15) is 0 Å². The van der Waals surface area contributed by atoms with Crippen molar-refractivity contribution in [1.82, 2.24) is 10.2 Å². The summed E-state index contributed by atoms with van der Waals surface area (Å²) in [5.41, 5.74) is 3.32. The summed E-state index contributed by atoms with van der Waals surface area (Å²) < 4.78 is 5.21. The molecule has 2 rings (SSSR count). The number of aromatic nitrogens is 2. The van der Waals surface area contributed by atoms with Crippen LogP contribution in [0.25, 0.3) is 0 Å². The molecule has 4 heteroatoms. The molecule has 0 bridgehead atoms. The largest absolute Gasteiger partial charge is 0.497 e. The predicted octanol–water partition coefficient (Wildman–Crippen LogP) is 3.91. The van der Waals surface area contributed by atoms with E-state index in [1.807, 2.05) is 32.0 Å². The summed E-state index contributed by atoms with van der Waals surface area (Å²) in [6.45, 7) is 8.40. The van der Waals surface area contributed by atoms with Gasteiger partial charge in [-0.15, -0.1) is 5.10 Å². The van der Waals surface area contributed by atoms with Gasteiger partial charge in [0.25, 0.3) is 0 Å². The van der Waals surface area contributed by atoms with E-state index in [1.54, 1.807) is 7.11 Å². The highest BCUT2D eigenvalue weighted by molar-refractivity contribution is 5.41. The number of nitrogens with one attached hydrogen (secondary N) is 1. The van der Waals surface area contributed by atoms with Gasteiger partial charge in [0, 0.05) is 0 Å². The van der Waals surface area contributed by atoms with Crippen LogP contribution < -0.4 is 10.1 Å². The molecule has 0 radical (unpaired) electrons. The summed E-state index contributed by atoms with van der Waals surface area (Å²) in [6.07, 6.45) is 0. The maximum atomic E-state index is 5.21. The number of aryl methyl sites for hydroxylation is 2. The minimum absolute atomic E-state index is 0.187. The number of anilines is 1. The average Bonchev–Trinajstić information content (AvgIpc) is 2.48. The van der Waals surface area contributed by atoms with Crippen LogP contribution in [0.1, 0.15) is 36.7 Å². The lowest BCUT2D eigenvalue weighted by Crippen LogP contribution is -2.18. The van der Waals surface area contributed by atoms with Crippen molar-refractivity contribution < 1.29 is 4.74 Å². The van der Waals surface area contributed by atoms with Crippen LogP contribution >= 0.6 is 0 Å². The first-order chi connectivity index (χ1) is 10.0. The second kappa shape index (κ2) is 6.57. The molecule has 0 amide bonds. The summed E-state index contributed by atoms with van der Waals surface area (Å²) in [6, 6.07) is 10.4. The van der Waals surface area contributed by atoms with Crippen LogP contribution in [-0.2, 0) is 0 Å². The van der Waals surface area contributed by atoms with Crippen molar-refractivity contribution in [2.75, 3.05) is 12.4 Å². The van der Waals surface area contributed by atoms with Crippen molar-refractivity contribution in [3.05, 3.63) is 47.2 Å². The Morgan fingerprint density at radius 1 is 1.05 bits per heavy atom. The fourth-order valence-electron chi connectivity index (χ4n) is 2.22. The van der Waals surface area contributed by atoms with E-state index in [0.717, 1.165) is 22.8 Å². The third-order valence-electron chi connectivity index (χ3n) is 3.68. The van der Waals surface area contributed by atoms with Crippen LogP contribution in [0.4, 0.5) is 5.82 Å². The van der Waals surface area contributed by atoms with E-state index in [-0.39, 0.29) is 6.04 Å². The van der Waals surface area contributed by atoms with Crippen LogP contribution in [0.3, 0.4) is 0 Å². The van der Waals surface area contributed by atoms with Crippen molar-refractivity contribution >= 4 is 5.82 Å². The summed E-state index contributed by atoms with van der Waals surface area (Å²) in [4.78, 5) is 0. The Morgan fingerprint density at radius 3 is 2.24 bits per heavy atom. The second-order valence-electron chi connectivity index (χ2n) is 5.64. The molecule has 0 fully saturated rings. The molecule has 1 aromatic carbocycles. The highest BCUT2D eigenvalue weighted by Gasteiger charge is 2.16. The predicted molar refractivity (Wildman–Crippen MR) is 85.7 cm³/mol. The summed E-state index contributed by atoms with van der Waals surface area (Å²) in [7, 11) is 1.68. The van der Waals surface area contributed by atoms with E-state index in [2.05, 4.69) is 41.5 Å². The zero-order valence-electron chi connectivity index (χ0n) is 13.3. The van der Waals surface area contributed by atoms with Crippen LogP contribution in [0.2, 0.25) is 0 Å². The molecule has 4 nitrogen and oxygen atoms in total. The highest BCUT2D eigenvalue weighted by Crippen LogP contribution is 2.27. The van der Waals surface area contributed by atoms with Crippen molar-refractivity contribution in [3.63, 3.8) is 0 Å². The van der Waals surface area contributed by atoms with Gasteiger partial charge in [-0.1, -0.05) is 26.0 Å². The van der Waals surface area contributed by atoms with Crippen LogP contribution in [0, 0.1) is 19.8 Å². The molecule has 21 heavy (non-hydrogen) atoms. The van der Waals surface area contributed by atoms with Crippen LogP contribution in [0.5, 0.6) is 5.75 Å². The summed E-state index contributed by atoms with van der Waals surface area (Å²) >= 11 is 0. The quantitative estimate of drug-likeness (QED) is 0.904. The molecule has 0 aliphatic carbocycles. The fourth-order valence-corrected chi connectivity index (χ4v) is 2.22. The minimum Gasteiger partial charge on any atom is -0.497 e. The Hall–Kier alpha value is -2.10. The van der Waals surface area contributed by atoms with Crippen molar-refractivity contribution in [1.29, 1.82) is 0 Å². The van der Waals surface area contributed by atoms with E-state index in [1.165, 1.54) is 5.56 Å². The first-order valence-electron chi connectivity index (χ1n) is 7.22. The molecule has 2 aromatic rings. The molecule has 112 valence electrons. The number of hydrogen-bond acceptors (Lipinski definition) is 4. The maximum absolute atomic E-state index is 5.21. The molecule has 1 N–H and O–H groups in total. The lowest BCUT2D eigenvalue weighted by molar-refractivity contribution is 0.414. The first kappa shape index (κ1) is 15.3. The molecule has 0 saturated heterocycles. The standard InChI is InChI=1S/C17H23N3O/c1-11(2)17(14-6-8-15(21-5)9-7-14)18-16-10-12(3)13(4)19-20-16/h6-11,17H,1-5H3,(H,18,20). The highest BCUT2D eigenvalue weighted by atomic mass is 16.5. The monoisotopic (exact) mass is 285 g/mol. The molecule has 1 heterocycles. The number of nitrogens with zero attached hydrogens (tertiary/aromatic N) is 2. The minimum atomic E-state index is 0.187. The van der Waals surface area contributed by atoms with Crippen molar-refractivity contribution in [2.45, 2.75) is 33.7 Å². The van der Waals surface area contributed by atoms with E-state index in [0.29, 0.717) is 5.92 Å². The fraction of sp³-hybridized carbons (Fsp3) is 0.412. The van der Waals surface area contributed by atoms with Gasteiger partial charge in [-0.3, -0.25) is 0 Å². The smallest absolute Gasteiger partial charge is 0.149 e. The number of benzene rings is 1. The lowest BCUT2D eigenvalue weighted by Gasteiger charge is -2.23. The van der Waals surface area contributed by atoms with Crippen LogP contribution in [0.15, 0.2) is 30.3 Å². The molecular formula is C17H23N3O. The average molecular weight is 285 g/mol. The molecule has 1 aromatic heterocycles. The van der Waals surface area contributed by atoms with Gasteiger partial charge >= 0.3 is 0 Å². The van der Waals surface area contributed by atoms with Crippen LogP contribution in [-0.4, -0.2) is 17.3 Å². The Morgan fingerprint density at radius 2 is 1.71 bits per heavy atom. The molecule has 0 spiro atoms. The third kappa shape index (κ3) is 3.72. The van der Waals surface area contributed by atoms with Crippen molar-refractivity contribution in [3.8, 4) is 5.75 Å². The Labute approximate surface area is 126 Å². The molecule has 1 unspecified atom stereocenters. The summed E-state index contributed by atoms with van der Waals surface area (Å²) in [5.74, 6) is 2.11. The van der Waals surface area contributed by atoms with Gasteiger partial charge in [-0.05, 0) is 49.1 Å². The molecule has 0 saturated carbocycles. The van der Waals surface area contributed by atoms with E-state index < -0.39 is 0 Å². The van der Waals surface area contributed by atoms with E-state index >= 15 is 0 Å². The SMILES string of the molecule is COc1ccc(C(Nc2cc(C)c(C)nn2)C(C)C)cc1. The Kier molecular flexibility index (Phi) is 4.78. The summed E-state index contributed by atoms with van der Waals surface area (Å²) in [5, 5.41) is 11.9. The lowest BCUT2D eigenvalue weighted by atomic mass is 9.96. The normalized spacial score (nSPS) is 12.3. The third-order valence-corrected chi connectivity index (χ3v) is 3.68. The van der Waals surface area contributed by atoms with Gasteiger partial charge in [0.05, 0.1) is 18.8 Å². The van der Waals surface area contributed by atoms with Gasteiger partial charge in [0.1, 0.15) is 11.6 Å². The van der Waals surface area contributed by atoms with Gasteiger partial charge < -0.3 is 10.1 Å². The van der Waals surface area contributed by atoms with Gasteiger partial charge in [-0.2, -0.15) is 5.10 Å². The number of rotatable bonds is 5. The van der Waals surface area contributed by atoms with E-state index in [4.69, 9.17) is 4.74 Å². The molecular weight excluding hydrogens is 262 g/mol. The molecule has 1 atom stereocenters. The second-order valence-corrected chi connectivity index (χ2v) is 5.64. The maximum Gasteiger partial charge on any atom is 0.149 e. The Bertz CT molecular complexity index is 593. The topological polar surface area (TPSA) is 47.0 Å². The molecule has 0 aliphatic heterocycles. The number of methoxy groups -OCH3 is 1. The Balaban J connectivity index is 2.23. The van der Waals surface area contributed by atoms with Crippen molar-refractivity contribution in [2.24, 2.45) is 5.92 Å². The van der Waals surface area contributed by atoms with Gasteiger partial charge in [0.2, 0.25) is 0 Å². The number of hydrogen-bond donors (Lipinski definition) is 1. The van der Waals surface area contributed by atoms with Gasteiger partial charge in [0.15, 0.2) is 0 Å². The number of ether oxygens (including phenoxy) is 1. The zero-order chi connectivity index (χ0) is 15.4. The first-order valence-corrected chi connectivity index (χ1v) is 7.22.